The van der Waals surface area contributed by atoms with Crippen LogP contribution in [0, 0.1) is 17.7 Å². The summed E-state index contributed by atoms with van der Waals surface area (Å²) in [6.45, 7) is -0.180. The third-order valence-electron chi connectivity index (χ3n) is 10.2. The molecule has 7 rings (SSSR count). The largest absolute Gasteiger partial charge is 0.489 e. The van der Waals surface area contributed by atoms with E-state index in [1.54, 1.807) is 24.3 Å². The zero-order valence-corrected chi connectivity index (χ0v) is 31.3. The summed E-state index contributed by atoms with van der Waals surface area (Å²) in [6, 6.07) is 15.4. The number of hydrogen-bond acceptors (Lipinski definition) is 8. The Morgan fingerprint density at radius 2 is 1.75 bits per heavy atom. The Balaban J connectivity index is 1.14. The standard InChI is InChI=1S/C41H40Cl2F3N3O6/c42-32-19-47-20-33(43)31(32)18-36(26-12-13-35(55-41(45)46)37(17-26)52-23-24-10-11-24)54-39(50)27-6-3-7-28(16-27)48-38(30-8-1-2-9-34(30)44)40(51)53-29-15-25-5-4-14-49(21-25)22-29/h1-3,6-9,12-13,16-17,19-20,24-25,29,36,38,41,48H,4-5,10-11,14-15,18,21-23H2/p+1/t25?,29-,36+,38?/m1/s1. The number of nitrogens with zero attached hydrogens (tertiary/aromatic N) is 1. The topological polar surface area (TPSA) is 100 Å². The summed E-state index contributed by atoms with van der Waals surface area (Å²) < 4.78 is 64.5. The minimum Gasteiger partial charge on any atom is -0.489 e. The van der Waals surface area contributed by atoms with Crippen LogP contribution in [0.25, 0.3) is 0 Å². The van der Waals surface area contributed by atoms with Crippen molar-refractivity contribution in [2.45, 2.75) is 63.4 Å². The second-order valence-electron chi connectivity index (χ2n) is 14.3. The fourth-order valence-corrected chi connectivity index (χ4v) is 7.77. The molecule has 14 heteroatoms. The van der Waals surface area contributed by atoms with E-state index in [9.17, 15) is 18.4 Å². The van der Waals surface area contributed by atoms with Crippen molar-refractivity contribution in [2.24, 2.45) is 11.8 Å². The maximum atomic E-state index is 15.2. The lowest BCUT2D eigenvalue weighted by atomic mass is 9.88. The molecular formula is C41H41Cl2F3N3O6+. The van der Waals surface area contributed by atoms with E-state index in [0.29, 0.717) is 51.8 Å². The number of fused-ring (bicyclic) bond motifs is 2. The molecule has 3 unspecified atom stereocenters. The van der Waals surface area contributed by atoms with Gasteiger partial charge in [0.25, 0.3) is 0 Å². The number of benzene rings is 3. The van der Waals surface area contributed by atoms with Crippen LogP contribution >= 0.6 is 23.2 Å². The number of esters is 2. The lowest BCUT2D eigenvalue weighted by molar-refractivity contribution is -0.377. The third kappa shape index (κ3) is 10.0. The van der Waals surface area contributed by atoms with Crippen molar-refractivity contribution in [3.8, 4) is 11.5 Å². The monoisotopic (exact) mass is 798 g/mol. The molecule has 3 fully saturated rings. The number of carbonyl (C=O) groups excluding carboxylic acids is 2. The van der Waals surface area contributed by atoms with Crippen molar-refractivity contribution in [2.75, 3.05) is 31.6 Å². The van der Waals surface area contributed by atoms with Crippen molar-refractivity contribution < 1.29 is 46.7 Å². The molecule has 0 spiro atoms. The number of rotatable bonds is 15. The molecule has 0 radical (unpaired) electrons. The number of carbonyl (C=O) groups is 2. The van der Waals surface area contributed by atoms with Crippen molar-refractivity contribution in [3.05, 3.63) is 117 Å². The van der Waals surface area contributed by atoms with Crippen molar-refractivity contribution in [1.29, 1.82) is 0 Å². The first kappa shape index (κ1) is 38.7. The summed E-state index contributed by atoms with van der Waals surface area (Å²) in [7, 11) is 0. The van der Waals surface area contributed by atoms with E-state index in [1.165, 1.54) is 54.9 Å². The SMILES string of the molecule is O=C(O[C@@H](Cc1c(Cl)c[nH+]cc1Cl)c1ccc(OC(F)F)c(OCC2CC2)c1)c1cccc(NC(C(=O)O[C@@H]2CC3CCCN(C3)C2)c2ccccc2F)c1. The maximum absolute atomic E-state index is 15.2. The van der Waals surface area contributed by atoms with E-state index < -0.39 is 36.5 Å². The van der Waals surface area contributed by atoms with Crippen molar-refractivity contribution in [1.82, 2.24) is 4.90 Å². The van der Waals surface area contributed by atoms with Crippen LogP contribution in [-0.2, 0) is 20.7 Å². The molecule has 3 heterocycles. The number of H-pyrrole nitrogens is 1. The van der Waals surface area contributed by atoms with Gasteiger partial charge in [-0.15, -0.1) is 0 Å². The van der Waals surface area contributed by atoms with Gasteiger partial charge in [-0.3, -0.25) is 4.90 Å². The number of hydrogen-bond donors (Lipinski definition) is 1. The summed E-state index contributed by atoms with van der Waals surface area (Å²) in [6.07, 6.45) is 6.67. The van der Waals surface area contributed by atoms with Gasteiger partial charge in [0.15, 0.2) is 29.9 Å². The minimum absolute atomic E-state index is 0.0216. The maximum Gasteiger partial charge on any atom is 0.387 e. The number of halogens is 5. The Hall–Kier alpha value is -4.52. The van der Waals surface area contributed by atoms with Crippen molar-refractivity contribution in [3.63, 3.8) is 0 Å². The highest BCUT2D eigenvalue weighted by Gasteiger charge is 2.35. The van der Waals surface area contributed by atoms with Gasteiger partial charge in [-0.05, 0) is 92.4 Å². The molecule has 3 aliphatic rings. The molecule has 1 aliphatic carbocycles. The minimum atomic E-state index is -3.08. The first-order valence-corrected chi connectivity index (χ1v) is 19.2. The molecule has 2 N–H and O–H groups in total. The molecule has 55 heavy (non-hydrogen) atoms. The van der Waals surface area contributed by atoms with Gasteiger partial charge in [0.2, 0.25) is 0 Å². The molecule has 5 atom stereocenters. The molecular weight excluding hydrogens is 758 g/mol. The van der Waals surface area contributed by atoms with Crippen LogP contribution in [0.2, 0.25) is 10.0 Å². The van der Waals surface area contributed by atoms with E-state index in [4.69, 9.17) is 42.1 Å². The Morgan fingerprint density at radius 1 is 0.945 bits per heavy atom. The van der Waals surface area contributed by atoms with Crippen LogP contribution < -0.4 is 19.8 Å². The Kier molecular flexibility index (Phi) is 12.3. The van der Waals surface area contributed by atoms with Gasteiger partial charge < -0.3 is 24.3 Å². The summed E-state index contributed by atoms with van der Waals surface area (Å²) in [5, 5.41) is 3.69. The molecule has 2 saturated heterocycles. The summed E-state index contributed by atoms with van der Waals surface area (Å²) >= 11 is 13.0. The number of aromatic amines is 1. The van der Waals surface area contributed by atoms with E-state index in [0.717, 1.165) is 45.2 Å². The number of ether oxygens (including phenoxy) is 4. The van der Waals surface area contributed by atoms with Gasteiger partial charge in [-0.2, -0.15) is 8.78 Å². The number of nitrogens with one attached hydrogen (secondary N) is 2. The molecule has 0 amide bonds. The Labute approximate surface area is 327 Å². The fourth-order valence-electron chi connectivity index (χ4n) is 7.24. The van der Waals surface area contributed by atoms with Crippen LogP contribution in [0.4, 0.5) is 18.9 Å². The smallest absolute Gasteiger partial charge is 0.387 e. The van der Waals surface area contributed by atoms with E-state index in [-0.39, 0.29) is 35.2 Å². The van der Waals surface area contributed by atoms with Crippen LogP contribution in [0.15, 0.2) is 79.1 Å². The van der Waals surface area contributed by atoms with Crippen molar-refractivity contribution >= 4 is 40.8 Å². The van der Waals surface area contributed by atoms with Crippen LogP contribution in [0.5, 0.6) is 11.5 Å². The van der Waals surface area contributed by atoms with Crippen LogP contribution in [-0.4, -0.2) is 55.8 Å². The van der Waals surface area contributed by atoms with E-state index in [1.807, 2.05) is 0 Å². The quantitative estimate of drug-likeness (QED) is 0.119. The molecule has 3 aromatic carbocycles. The van der Waals surface area contributed by atoms with Crippen LogP contribution in [0.1, 0.15) is 71.3 Å². The number of anilines is 1. The summed E-state index contributed by atoms with van der Waals surface area (Å²) in [5.41, 5.74) is 1.46. The lowest BCUT2D eigenvalue weighted by Gasteiger charge is -2.41. The first-order chi connectivity index (χ1) is 26.6. The average molecular weight is 800 g/mol. The highest BCUT2D eigenvalue weighted by Crippen LogP contribution is 2.38. The molecule has 2 aliphatic heterocycles. The highest BCUT2D eigenvalue weighted by molar-refractivity contribution is 6.35. The molecule has 1 aromatic heterocycles. The number of alkyl halides is 2. The number of pyridine rings is 1. The Morgan fingerprint density at radius 3 is 2.49 bits per heavy atom. The van der Waals surface area contributed by atoms with E-state index >= 15 is 4.39 Å². The van der Waals surface area contributed by atoms with Gasteiger partial charge in [0, 0.05) is 36.3 Å². The highest BCUT2D eigenvalue weighted by atomic mass is 35.5. The predicted molar refractivity (Wildman–Crippen MR) is 199 cm³/mol. The number of aromatic nitrogens is 1. The average Bonchev–Trinajstić information content (AvgIpc) is 3.99. The first-order valence-electron chi connectivity index (χ1n) is 18.4. The summed E-state index contributed by atoms with van der Waals surface area (Å²) in [4.78, 5) is 32.9. The van der Waals surface area contributed by atoms with Gasteiger partial charge in [0.1, 0.15) is 28.1 Å². The second-order valence-corrected chi connectivity index (χ2v) is 15.1. The zero-order chi connectivity index (χ0) is 38.5. The number of piperidine rings is 2. The normalized spacial score (nSPS) is 20.3. The van der Waals surface area contributed by atoms with Crippen LogP contribution in [0.3, 0.4) is 0 Å². The summed E-state index contributed by atoms with van der Waals surface area (Å²) in [5.74, 6) is -1.26. The Bertz CT molecular complexity index is 1970. The lowest BCUT2D eigenvalue weighted by Crippen LogP contribution is -2.48. The molecule has 9 nitrogen and oxygen atoms in total. The molecule has 1 saturated carbocycles. The molecule has 2 bridgehead atoms. The predicted octanol–water partition coefficient (Wildman–Crippen LogP) is 8.66. The van der Waals surface area contributed by atoms with Gasteiger partial charge >= 0.3 is 18.6 Å². The molecule has 290 valence electrons. The van der Waals surface area contributed by atoms with E-state index in [2.05, 4.69) is 15.2 Å². The third-order valence-corrected chi connectivity index (χ3v) is 10.8. The molecule has 4 aromatic rings. The fraction of sp³-hybridized carbons (Fsp3) is 0.390. The van der Waals surface area contributed by atoms with Gasteiger partial charge in [0.05, 0.1) is 12.2 Å². The van der Waals surface area contributed by atoms with Gasteiger partial charge in [-0.1, -0.05) is 53.5 Å². The van der Waals surface area contributed by atoms with Gasteiger partial charge in [-0.25, -0.2) is 19.0 Å². The zero-order valence-electron chi connectivity index (χ0n) is 29.8. The second kappa shape index (κ2) is 17.5.